The second kappa shape index (κ2) is 5.67. The first kappa shape index (κ1) is 14.7. The highest BCUT2D eigenvalue weighted by Gasteiger charge is 2.38. The lowest BCUT2D eigenvalue weighted by Gasteiger charge is -2.38. The molecule has 0 bridgehead atoms. The fourth-order valence-corrected chi connectivity index (χ4v) is 2.68. The van der Waals surface area contributed by atoms with Crippen LogP contribution in [0.25, 0.3) is 0 Å². The molecule has 0 rings (SSSR count). The zero-order valence-electron chi connectivity index (χ0n) is 11.1. The first-order valence-corrected chi connectivity index (χ1v) is 8.66. The van der Waals surface area contributed by atoms with Gasteiger partial charge in [-0.2, -0.15) is 5.26 Å². The molecule has 1 unspecified atom stereocenters. The number of hydrogen-bond donors (Lipinski definition) is 0. The van der Waals surface area contributed by atoms with Gasteiger partial charge in [-0.05, 0) is 37.9 Å². The summed E-state index contributed by atoms with van der Waals surface area (Å²) in [6.45, 7) is 13.4. The molecule has 0 N–H and O–H groups in total. The first-order valence-electron chi connectivity index (χ1n) is 5.75. The Labute approximate surface area is 95.8 Å². The standard InChI is InChI=1S/C12H25NOSi/c1-11(9-7-8-10-13)14-15(5,6)12(2,3)4/h11H,7-9H2,1-6H3. The van der Waals surface area contributed by atoms with Crippen LogP contribution in [-0.2, 0) is 4.43 Å². The van der Waals surface area contributed by atoms with Crippen LogP contribution in [0.2, 0.25) is 18.1 Å². The lowest BCUT2D eigenvalue weighted by Crippen LogP contribution is -2.43. The molecule has 0 saturated heterocycles. The Hall–Kier alpha value is -0.333. The third-order valence-electron chi connectivity index (χ3n) is 3.20. The highest BCUT2D eigenvalue weighted by Crippen LogP contribution is 2.37. The maximum Gasteiger partial charge on any atom is 0.192 e. The summed E-state index contributed by atoms with van der Waals surface area (Å²) in [7, 11) is -1.61. The Morgan fingerprint density at radius 1 is 1.33 bits per heavy atom. The van der Waals surface area contributed by atoms with E-state index in [9.17, 15) is 0 Å². The van der Waals surface area contributed by atoms with Gasteiger partial charge in [0.25, 0.3) is 0 Å². The number of hydrogen-bond acceptors (Lipinski definition) is 2. The van der Waals surface area contributed by atoms with Gasteiger partial charge in [0.1, 0.15) is 0 Å². The predicted molar refractivity (Wildman–Crippen MR) is 67.2 cm³/mol. The van der Waals surface area contributed by atoms with Crippen molar-refractivity contribution < 1.29 is 4.43 Å². The van der Waals surface area contributed by atoms with Gasteiger partial charge in [-0.25, -0.2) is 0 Å². The van der Waals surface area contributed by atoms with Crippen LogP contribution in [-0.4, -0.2) is 14.4 Å². The van der Waals surface area contributed by atoms with Gasteiger partial charge in [-0.15, -0.1) is 0 Å². The zero-order chi connectivity index (χ0) is 12.1. The highest BCUT2D eigenvalue weighted by atomic mass is 28.4. The predicted octanol–water partition coefficient (Wildman–Crippen LogP) is 4.09. The van der Waals surface area contributed by atoms with Crippen molar-refractivity contribution in [3.63, 3.8) is 0 Å². The maximum absolute atomic E-state index is 8.46. The summed E-state index contributed by atoms with van der Waals surface area (Å²) in [6.07, 6.45) is 2.89. The monoisotopic (exact) mass is 227 g/mol. The summed E-state index contributed by atoms with van der Waals surface area (Å²) in [5.74, 6) is 0. The lowest BCUT2D eigenvalue weighted by atomic mass is 10.2. The van der Waals surface area contributed by atoms with Crippen LogP contribution in [0.15, 0.2) is 0 Å². The molecule has 0 saturated carbocycles. The van der Waals surface area contributed by atoms with E-state index in [-0.39, 0.29) is 5.04 Å². The van der Waals surface area contributed by atoms with Crippen LogP contribution in [0.5, 0.6) is 0 Å². The molecular formula is C12H25NOSi. The SMILES string of the molecule is CC(CCCC#N)O[Si](C)(C)C(C)(C)C. The summed E-state index contributed by atoms with van der Waals surface area (Å²) < 4.78 is 6.18. The third-order valence-corrected chi connectivity index (χ3v) is 7.81. The van der Waals surface area contributed by atoms with Gasteiger partial charge in [0, 0.05) is 12.5 Å². The van der Waals surface area contributed by atoms with E-state index < -0.39 is 8.32 Å². The average Bonchev–Trinajstić information content (AvgIpc) is 2.01. The van der Waals surface area contributed by atoms with Crippen molar-refractivity contribution in [1.82, 2.24) is 0 Å². The zero-order valence-corrected chi connectivity index (χ0v) is 12.1. The Bertz CT molecular complexity index is 225. The molecule has 0 amide bonds. The van der Waals surface area contributed by atoms with Gasteiger partial charge in [0.05, 0.1) is 6.07 Å². The Balaban J connectivity index is 4.06. The maximum atomic E-state index is 8.46. The number of nitrogens with zero attached hydrogens (tertiary/aromatic N) is 1. The smallest absolute Gasteiger partial charge is 0.192 e. The molecule has 3 heteroatoms. The number of rotatable bonds is 5. The van der Waals surface area contributed by atoms with Crippen molar-refractivity contribution in [3.05, 3.63) is 0 Å². The summed E-state index contributed by atoms with van der Waals surface area (Å²) in [5, 5.41) is 8.73. The third kappa shape index (κ3) is 5.34. The van der Waals surface area contributed by atoms with E-state index in [2.05, 4.69) is 46.9 Å². The molecule has 0 radical (unpaired) electrons. The summed E-state index contributed by atoms with van der Waals surface area (Å²) in [5.41, 5.74) is 0. The van der Waals surface area contributed by atoms with Crippen molar-refractivity contribution in [2.45, 2.75) is 71.2 Å². The minimum absolute atomic E-state index is 0.274. The van der Waals surface area contributed by atoms with E-state index in [0.717, 1.165) is 12.8 Å². The van der Waals surface area contributed by atoms with Gasteiger partial charge >= 0.3 is 0 Å². The van der Waals surface area contributed by atoms with Gasteiger partial charge in [-0.1, -0.05) is 20.8 Å². The van der Waals surface area contributed by atoms with E-state index >= 15 is 0 Å². The van der Waals surface area contributed by atoms with E-state index in [1.165, 1.54) is 0 Å². The van der Waals surface area contributed by atoms with Crippen LogP contribution in [0, 0.1) is 11.3 Å². The second-order valence-corrected chi connectivity index (χ2v) is 10.5. The first-order chi connectivity index (χ1) is 6.70. The molecule has 0 aliphatic heterocycles. The molecule has 15 heavy (non-hydrogen) atoms. The fraction of sp³-hybridized carbons (Fsp3) is 0.917. The molecule has 0 aromatic carbocycles. The summed E-state index contributed by atoms with van der Waals surface area (Å²) in [6, 6.07) is 2.17. The molecular weight excluding hydrogens is 202 g/mol. The molecule has 1 atom stereocenters. The van der Waals surface area contributed by atoms with Crippen LogP contribution < -0.4 is 0 Å². The van der Waals surface area contributed by atoms with Gasteiger partial charge < -0.3 is 4.43 Å². The van der Waals surface area contributed by atoms with Crippen molar-refractivity contribution in [2.75, 3.05) is 0 Å². The Morgan fingerprint density at radius 2 is 1.87 bits per heavy atom. The molecule has 0 aromatic heterocycles. The molecule has 0 spiro atoms. The van der Waals surface area contributed by atoms with Crippen LogP contribution in [0.1, 0.15) is 47.0 Å². The largest absolute Gasteiger partial charge is 0.414 e. The highest BCUT2D eigenvalue weighted by molar-refractivity contribution is 6.74. The van der Waals surface area contributed by atoms with Gasteiger partial charge in [-0.3, -0.25) is 0 Å². The number of unbranched alkanes of at least 4 members (excludes halogenated alkanes) is 1. The molecule has 2 nitrogen and oxygen atoms in total. The van der Waals surface area contributed by atoms with Gasteiger partial charge in [0.2, 0.25) is 0 Å². The van der Waals surface area contributed by atoms with Crippen molar-refractivity contribution in [2.24, 2.45) is 0 Å². The van der Waals surface area contributed by atoms with Crippen molar-refractivity contribution in [1.29, 1.82) is 5.26 Å². The quantitative estimate of drug-likeness (QED) is 0.523. The molecule has 0 fully saturated rings. The van der Waals surface area contributed by atoms with Crippen LogP contribution in [0.3, 0.4) is 0 Å². The normalized spacial score (nSPS) is 14.7. The van der Waals surface area contributed by atoms with Crippen molar-refractivity contribution >= 4 is 8.32 Å². The van der Waals surface area contributed by atoms with Crippen molar-refractivity contribution in [3.8, 4) is 6.07 Å². The minimum atomic E-state index is -1.61. The summed E-state index contributed by atoms with van der Waals surface area (Å²) in [4.78, 5) is 0. The van der Waals surface area contributed by atoms with Gasteiger partial charge in [0.15, 0.2) is 8.32 Å². The molecule has 88 valence electrons. The minimum Gasteiger partial charge on any atom is -0.414 e. The number of nitriles is 1. The fourth-order valence-electron chi connectivity index (χ4n) is 1.21. The lowest BCUT2D eigenvalue weighted by molar-refractivity contribution is 0.187. The molecule has 0 aliphatic rings. The van der Waals surface area contributed by atoms with E-state index in [1.54, 1.807) is 0 Å². The molecule has 0 aliphatic carbocycles. The average molecular weight is 227 g/mol. The molecule has 0 heterocycles. The Kier molecular flexibility index (Phi) is 5.54. The summed E-state index contributed by atoms with van der Waals surface area (Å²) >= 11 is 0. The Morgan fingerprint density at radius 3 is 2.27 bits per heavy atom. The van der Waals surface area contributed by atoms with E-state index in [1.807, 2.05) is 0 Å². The van der Waals surface area contributed by atoms with E-state index in [0.29, 0.717) is 12.5 Å². The molecule has 0 aromatic rings. The van der Waals surface area contributed by atoms with E-state index in [4.69, 9.17) is 9.69 Å². The topological polar surface area (TPSA) is 33.0 Å². The van der Waals surface area contributed by atoms with Crippen LogP contribution in [0.4, 0.5) is 0 Å². The van der Waals surface area contributed by atoms with Crippen LogP contribution >= 0.6 is 0 Å². The second-order valence-electron chi connectivity index (χ2n) is 5.74.